The molecule has 0 bridgehead atoms. The molecule has 11 rings (SSSR count). The van der Waals surface area contributed by atoms with E-state index in [1.807, 2.05) is 72.8 Å². The molecular weight excluding hydrogens is 685 g/mol. The number of hydrogen-bond acceptors (Lipinski definition) is 4. The summed E-state index contributed by atoms with van der Waals surface area (Å²) in [7, 11) is 0. The van der Waals surface area contributed by atoms with Gasteiger partial charge in [0.15, 0.2) is 17.5 Å². The van der Waals surface area contributed by atoms with Gasteiger partial charge in [-0.25, -0.2) is 15.0 Å². The number of fused-ring (bicyclic) bond motifs is 6. The average molecular weight is 727 g/mol. The molecule has 0 saturated carbocycles. The first-order valence-corrected chi connectivity index (χ1v) is 18.0. The van der Waals surface area contributed by atoms with Crippen LogP contribution in [0.4, 0.5) is 0 Å². The Labute approximate surface area is 336 Å². The summed E-state index contributed by atoms with van der Waals surface area (Å²) < 4.78 is 94.3. The minimum absolute atomic E-state index is 0.0843. The van der Waals surface area contributed by atoms with Crippen molar-refractivity contribution in [3.05, 3.63) is 194 Å². The summed E-state index contributed by atoms with van der Waals surface area (Å²) in [6.07, 6.45) is 0. The molecule has 0 radical (unpaired) electrons. The van der Waals surface area contributed by atoms with E-state index in [9.17, 15) is 0 Å². The van der Waals surface area contributed by atoms with E-state index in [1.165, 1.54) is 6.07 Å². The van der Waals surface area contributed by atoms with Crippen molar-refractivity contribution < 1.29 is 18.1 Å². The van der Waals surface area contributed by atoms with Crippen molar-refractivity contribution in [3.8, 4) is 62.1 Å². The maximum Gasteiger partial charge on any atom is 0.164 e. The maximum absolute atomic E-state index is 8.90. The number of hydrogen-bond donors (Lipinski definition) is 0. The molecule has 5 heteroatoms. The molecule has 0 spiro atoms. The van der Waals surface area contributed by atoms with E-state index in [0.717, 1.165) is 38.6 Å². The first-order chi connectivity index (χ1) is 31.9. The Kier molecular flexibility index (Phi) is 5.41. The van der Waals surface area contributed by atoms with Crippen LogP contribution in [-0.2, 0) is 0 Å². The molecule has 3 aromatic heterocycles. The van der Waals surface area contributed by atoms with Gasteiger partial charge in [-0.05, 0) is 65.2 Å². The molecule has 0 aliphatic rings. The molecule has 11 aromatic rings. The highest BCUT2D eigenvalue weighted by atomic mass is 16.3. The SMILES string of the molecule is [2H]c1c([2H])c([2H])c(-c2cc(-c3c([2H])c([2H])c([2H])c([2H])c3[2H])c3oc4cc(-c5nc(-c6ccccc6)nc(-c6cccc(-n7c8ccccc8c8ccccc87)c6)n5)ccc4c3c2)c([2H])c1[2H]. The second-order valence-electron chi connectivity index (χ2n) is 13.3. The number of rotatable bonds is 6. The first-order valence-electron chi connectivity index (χ1n) is 23.0. The smallest absolute Gasteiger partial charge is 0.164 e. The quantitative estimate of drug-likeness (QED) is 0.171. The Balaban J connectivity index is 1.12. The van der Waals surface area contributed by atoms with Gasteiger partial charge in [0.25, 0.3) is 0 Å². The van der Waals surface area contributed by atoms with E-state index in [2.05, 4.69) is 41.0 Å². The molecular formula is C51H32N4O. The van der Waals surface area contributed by atoms with Crippen molar-refractivity contribution in [3.63, 3.8) is 0 Å². The largest absolute Gasteiger partial charge is 0.455 e. The predicted octanol–water partition coefficient (Wildman–Crippen LogP) is 13.2. The number of benzene rings is 8. The molecule has 0 amide bonds. The number of para-hydroxylation sites is 2. The van der Waals surface area contributed by atoms with Crippen molar-refractivity contribution in [2.24, 2.45) is 0 Å². The lowest BCUT2D eigenvalue weighted by molar-refractivity contribution is 0.670. The minimum Gasteiger partial charge on any atom is -0.455 e. The average Bonchev–Trinajstić information content (AvgIpc) is 3.90. The monoisotopic (exact) mass is 726 g/mol. The van der Waals surface area contributed by atoms with Crippen LogP contribution in [0.5, 0.6) is 0 Å². The van der Waals surface area contributed by atoms with Gasteiger partial charge in [0.05, 0.1) is 24.7 Å². The Morgan fingerprint density at radius 2 is 1.00 bits per heavy atom. The van der Waals surface area contributed by atoms with Crippen LogP contribution in [0.15, 0.2) is 198 Å². The Hall–Kier alpha value is -7.63. The molecule has 0 aliphatic carbocycles. The molecule has 0 saturated heterocycles. The van der Waals surface area contributed by atoms with E-state index < -0.39 is 60.4 Å². The van der Waals surface area contributed by atoms with Gasteiger partial charge in [0.1, 0.15) is 11.2 Å². The van der Waals surface area contributed by atoms with E-state index in [-0.39, 0.29) is 27.8 Å². The van der Waals surface area contributed by atoms with E-state index in [1.54, 1.807) is 18.2 Å². The zero-order chi connectivity index (χ0) is 45.7. The zero-order valence-corrected chi connectivity index (χ0v) is 29.4. The Morgan fingerprint density at radius 1 is 0.411 bits per heavy atom. The van der Waals surface area contributed by atoms with E-state index >= 15 is 0 Å². The van der Waals surface area contributed by atoms with Crippen molar-refractivity contribution in [1.29, 1.82) is 0 Å². The van der Waals surface area contributed by atoms with Gasteiger partial charge in [-0.3, -0.25) is 0 Å². The molecule has 262 valence electrons. The van der Waals surface area contributed by atoms with Crippen LogP contribution >= 0.6 is 0 Å². The third-order valence-electron chi connectivity index (χ3n) is 10.00. The normalized spacial score (nSPS) is 14.1. The van der Waals surface area contributed by atoms with Crippen LogP contribution in [0, 0.1) is 0 Å². The van der Waals surface area contributed by atoms with Crippen molar-refractivity contribution >= 4 is 43.7 Å². The third kappa shape index (κ3) is 5.37. The molecule has 0 atom stereocenters. The van der Waals surface area contributed by atoms with Gasteiger partial charge < -0.3 is 8.98 Å². The summed E-state index contributed by atoms with van der Waals surface area (Å²) in [5.74, 6) is 1.21. The number of furan rings is 1. The fourth-order valence-electron chi connectivity index (χ4n) is 7.46. The third-order valence-corrected chi connectivity index (χ3v) is 10.00. The topological polar surface area (TPSA) is 56.7 Å². The van der Waals surface area contributed by atoms with Gasteiger partial charge in [0, 0.05) is 49.5 Å². The van der Waals surface area contributed by atoms with Crippen molar-refractivity contribution in [2.75, 3.05) is 0 Å². The summed E-state index contributed by atoms with van der Waals surface area (Å²) in [5.41, 5.74) is 5.62. The van der Waals surface area contributed by atoms with Gasteiger partial charge in [0.2, 0.25) is 0 Å². The number of nitrogens with zero attached hydrogens (tertiary/aromatic N) is 4. The van der Waals surface area contributed by atoms with Crippen LogP contribution in [-0.4, -0.2) is 19.5 Å². The molecule has 0 fully saturated rings. The lowest BCUT2D eigenvalue weighted by atomic mass is 9.95. The minimum atomic E-state index is -0.578. The Morgan fingerprint density at radius 3 is 1.70 bits per heavy atom. The molecule has 8 aromatic carbocycles. The fourth-order valence-corrected chi connectivity index (χ4v) is 7.46. The van der Waals surface area contributed by atoms with Crippen LogP contribution < -0.4 is 0 Å². The molecule has 0 unspecified atom stereocenters. The van der Waals surface area contributed by atoms with Gasteiger partial charge in [-0.15, -0.1) is 0 Å². The van der Waals surface area contributed by atoms with Crippen molar-refractivity contribution in [2.45, 2.75) is 0 Å². The first kappa shape index (κ1) is 23.2. The summed E-state index contributed by atoms with van der Waals surface area (Å²) >= 11 is 0. The maximum atomic E-state index is 8.90. The molecule has 0 aliphatic heterocycles. The van der Waals surface area contributed by atoms with Crippen LogP contribution in [0.2, 0.25) is 0 Å². The van der Waals surface area contributed by atoms with E-state index in [4.69, 9.17) is 33.1 Å². The summed E-state index contributed by atoms with van der Waals surface area (Å²) in [5, 5.41) is 3.25. The Bertz CT molecular complexity index is 3740. The van der Waals surface area contributed by atoms with Gasteiger partial charge >= 0.3 is 0 Å². The van der Waals surface area contributed by atoms with Crippen molar-refractivity contribution in [1.82, 2.24) is 19.5 Å². The van der Waals surface area contributed by atoms with Crippen LogP contribution in [0.25, 0.3) is 106 Å². The fraction of sp³-hybridized carbons (Fsp3) is 0. The van der Waals surface area contributed by atoms with Crippen LogP contribution in [0.1, 0.15) is 13.7 Å². The lowest BCUT2D eigenvalue weighted by Crippen LogP contribution is -2.01. The molecule has 56 heavy (non-hydrogen) atoms. The highest BCUT2D eigenvalue weighted by Crippen LogP contribution is 2.41. The van der Waals surface area contributed by atoms with Gasteiger partial charge in [-0.1, -0.05) is 145 Å². The molecule has 3 heterocycles. The predicted molar refractivity (Wildman–Crippen MR) is 229 cm³/mol. The zero-order valence-electron chi connectivity index (χ0n) is 39.4. The summed E-state index contributed by atoms with van der Waals surface area (Å²) in [6.45, 7) is 0. The standard InChI is InChI=1S/C51H32N4O/c1-4-15-33(16-5-1)38-30-43(34-17-6-2-7-18-34)48-44(31-38)42-28-27-37(32-47(42)56-48)51-53-49(35-19-8-3-9-20-35)52-50(54-51)36-21-14-22-39(29-36)55-45-25-12-10-23-40(45)41-24-11-13-26-46(41)55/h1-32H/i1D,2D,4D,5D,6D,7D,15D,16D,17D,18D. The second-order valence-corrected chi connectivity index (χ2v) is 13.3. The highest BCUT2D eigenvalue weighted by molar-refractivity contribution is 6.12. The second kappa shape index (κ2) is 13.0. The highest BCUT2D eigenvalue weighted by Gasteiger charge is 2.19. The summed E-state index contributed by atoms with van der Waals surface area (Å²) in [4.78, 5) is 15.0. The van der Waals surface area contributed by atoms with E-state index in [0.29, 0.717) is 39.4 Å². The van der Waals surface area contributed by atoms with Gasteiger partial charge in [-0.2, -0.15) is 0 Å². The van der Waals surface area contributed by atoms with Crippen LogP contribution in [0.3, 0.4) is 0 Å². The number of aromatic nitrogens is 4. The summed E-state index contributed by atoms with van der Waals surface area (Å²) in [6, 6.07) is 37.4. The molecule has 0 N–H and O–H groups in total. The lowest BCUT2D eigenvalue weighted by Gasteiger charge is -2.11. The molecule has 5 nitrogen and oxygen atoms in total.